The van der Waals surface area contributed by atoms with Gasteiger partial charge in [-0.2, -0.15) is 13.2 Å². The number of hydrogen-bond donors (Lipinski definition) is 2. The molecule has 0 bridgehead atoms. The molecule has 148 valence electrons. The molecule has 1 fully saturated rings. The number of methoxy groups -OCH3 is 1. The van der Waals surface area contributed by atoms with Gasteiger partial charge in [0.1, 0.15) is 5.75 Å². The average Bonchev–Trinajstić information content (AvgIpc) is 2.66. The number of hydrogen-bond acceptors (Lipinski definition) is 5. The van der Waals surface area contributed by atoms with Crippen molar-refractivity contribution in [1.82, 2.24) is 10.2 Å². The standard InChI is InChI=1S/C15H18N2O3.C2HF3O2/c1-20-13-4-2-12(3-5-13)14(18)6-7-15(19)17-10-8-16-9-11-17;3-2(4,5)1(6)7/h2-7,16H,8-11H2,1H3;(H,6,7)/b7-6+;. The number of aliphatic carboxylic acids is 1. The van der Waals surface area contributed by atoms with Crippen molar-refractivity contribution in [1.29, 1.82) is 0 Å². The van der Waals surface area contributed by atoms with Crippen LogP contribution in [0.2, 0.25) is 0 Å². The molecule has 27 heavy (non-hydrogen) atoms. The Morgan fingerprint density at radius 2 is 1.63 bits per heavy atom. The number of carbonyl (C=O) groups excluding carboxylic acids is 2. The largest absolute Gasteiger partial charge is 0.497 e. The molecule has 0 radical (unpaired) electrons. The highest BCUT2D eigenvalue weighted by atomic mass is 19.4. The molecule has 2 rings (SSSR count). The van der Waals surface area contributed by atoms with Crippen LogP contribution in [0, 0.1) is 0 Å². The monoisotopic (exact) mass is 388 g/mol. The predicted molar refractivity (Wildman–Crippen MR) is 89.6 cm³/mol. The number of benzene rings is 1. The number of amides is 1. The van der Waals surface area contributed by atoms with Gasteiger partial charge in [-0.3, -0.25) is 9.59 Å². The first kappa shape index (κ1) is 22.2. The Kier molecular flexibility index (Phi) is 8.46. The maximum absolute atomic E-state index is 11.9. The van der Waals surface area contributed by atoms with E-state index in [1.807, 2.05) is 0 Å². The second kappa shape index (κ2) is 10.3. The fourth-order valence-electron chi connectivity index (χ4n) is 1.99. The lowest BCUT2D eigenvalue weighted by molar-refractivity contribution is -0.192. The first-order chi connectivity index (χ1) is 12.6. The van der Waals surface area contributed by atoms with Gasteiger partial charge < -0.3 is 20.1 Å². The quantitative estimate of drug-likeness (QED) is 0.600. The van der Waals surface area contributed by atoms with Gasteiger partial charge in [-0.05, 0) is 30.3 Å². The van der Waals surface area contributed by atoms with E-state index in [-0.39, 0.29) is 11.7 Å². The number of ether oxygens (including phenoxy) is 1. The van der Waals surface area contributed by atoms with E-state index in [0.717, 1.165) is 13.1 Å². The molecule has 0 aliphatic carbocycles. The van der Waals surface area contributed by atoms with Crippen LogP contribution in [0.1, 0.15) is 10.4 Å². The molecule has 1 amide bonds. The van der Waals surface area contributed by atoms with Crippen LogP contribution >= 0.6 is 0 Å². The number of halogens is 3. The molecule has 1 aromatic carbocycles. The number of carboxylic acid groups (broad SMARTS) is 1. The van der Waals surface area contributed by atoms with Crippen molar-refractivity contribution >= 4 is 17.7 Å². The summed E-state index contributed by atoms with van der Waals surface area (Å²) in [7, 11) is 1.57. The first-order valence-corrected chi connectivity index (χ1v) is 7.81. The average molecular weight is 388 g/mol. The number of alkyl halides is 3. The molecule has 2 N–H and O–H groups in total. The summed E-state index contributed by atoms with van der Waals surface area (Å²) in [6.45, 7) is 2.96. The van der Waals surface area contributed by atoms with Crippen molar-refractivity contribution in [2.75, 3.05) is 33.3 Å². The maximum atomic E-state index is 11.9. The van der Waals surface area contributed by atoms with E-state index >= 15 is 0 Å². The number of carbonyl (C=O) groups is 3. The summed E-state index contributed by atoms with van der Waals surface area (Å²) >= 11 is 0. The third-order valence-electron chi connectivity index (χ3n) is 3.42. The minimum absolute atomic E-state index is 0.117. The molecule has 10 heteroatoms. The molecule has 1 saturated heterocycles. The lowest BCUT2D eigenvalue weighted by Crippen LogP contribution is -2.45. The van der Waals surface area contributed by atoms with Crippen LogP contribution in [0.25, 0.3) is 0 Å². The van der Waals surface area contributed by atoms with Gasteiger partial charge in [-0.15, -0.1) is 0 Å². The van der Waals surface area contributed by atoms with Crippen LogP contribution in [0.3, 0.4) is 0 Å². The maximum Gasteiger partial charge on any atom is 0.490 e. The van der Waals surface area contributed by atoms with Gasteiger partial charge in [0.25, 0.3) is 0 Å². The van der Waals surface area contributed by atoms with Gasteiger partial charge in [-0.1, -0.05) is 0 Å². The van der Waals surface area contributed by atoms with E-state index in [1.165, 1.54) is 12.2 Å². The summed E-state index contributed by atoms with van der Waals surface area (Å²) in [6, 6.07) is 6.81. The van der Waals surface area contributed by atoms with Crippen molar-refractivity contribution in [3.63, 3.8) is 0 Å². The highest BCUT2D eigenvalue weighted by Gasteiger charge is 2.38. The summed E-state index contributed by atoms with van der Waals surface area (Å²) < 4.78 is 36.8. The lowest BCUT2D eigenvalue weighted by Gasteiger charge is -2.26. The summed E-state index contributed by atoms with van der Waals surface area (Å²) in [5.41, 5.74) is 0.537. The van der Waals surface area contributed by atoms with Crippen molar-refractivity contribution in [2.45, 2.75) is 6.18 Å². The molecule has 1 heterocycles. The zero-order chi connectivity index (χ0) is 20.4. The van der Waals surface area contributed by atoms with Gasteiger partial charge in [-0.25, -0.2) is 4.79 Å². The number of rotatable bonds is 4. The zero-order valence-corrected chi connectivity index (χ0v) is 14.5. The van der Waals surface area contributed by atoms with Crippen LogP contribution in [0.15, 0.2) is 36.4 Å². The smallest absolute Gasteiger partial charge is 0.490 e. The molecule has 0 spiro atoms. The van der Waals surface area contributed by atoms with E-state index < -0.39 is 12.1 Å². The van der Waals surface area contributed by atoms with Crippen LogP contribution in [0.4, 0.5) is 13.2 Å². The zero-order valence-electron chi connectivity index (χ0n) is 14.5. The van der Waals surface area contributed by atoms with E-state index in [4.69, 9.17) is 14.6 Å². The number of ketones is 1. The van der Waals surface area contributed by atoms with Gasteiger partial charge in [0, 0.05) is 37.8 Å². The lowest BCUT2D eigenvalue weighted by atomic mass is 10.1. The van der Waals surface area contributed by atoms with Crippen molar-refractivity contribution in [3.8, 4) is 5.75 Å². The molecule has 0 aromatic heterocycles. The third-order valence-corrected chi connectivity index (χ3v) is 3.42. The summed E-state index contributed by atoms with van der Waals surface area (Å²) in [6.07, 6.45) is -2.41. The van der Waals surface area contributed by atoms with Crippen molar-refractivity contribution < 1.29 is 37.4 Å². The fraction of sp³-hybridized carbons (Fsp3) is 0.353. The Morgan fingerprint density at radius 1 is 1.11 bits per heavy atom. The Balaban J connectivity index is 0.000000445. The second-order valence-corrected chi connectivity index (χ2v) is 5.30. The predicted octanol–water partition coefficient (Wildman–Crippen LogP) is 1.50. The van der Waals surface area contributed by atoms with Crippen LogP contribution < -0.4 is 10.1 Å². The minimum Gasteiger partial charge on any atom is -0.497 e. The molecule has 1 aliphatic rings. The Morgan fingerprint density at radius 3 is 2.07 bits per heavy atom. The van der Waals surface area contributed by atoms with E-state index in [1.54, 1.807) is 36.3 Å². The van der Waals surface area contributed by atoms with E-state index in [0.29, 0.717) is 24.4 Å². The molecule has 0 atom stereocenters. The third kappa shape index (κ3) is 7.90. The minimum atomic E-state index is -5.08. The molecule has 7 nitrogen and oxygen atoms in total. The van der Waals surface area contributed by atoms with Crippen molar-refractivity contribution in [2.24, 2.45) is 0 Å². The van der Waals surface area contributed by atoms with Crippen LogP contribution in [-0.2, 0) is 9.59 Å². The van der Waals surface area contributed by atoms with Gasteiger partial charge in [0.2, 0.25) is 5.91 Å². The summed E-state index contributed by atoms with van der Waals surface area (Å²) in [5, 5.41) is 10.3. The molecule has 1 aromatic rings. The topological polar surface area (TPSA) is 95.9 Å². The van der Waals surface area contributed by atoms with Gasteiger partial charge >= 0.3 is 12.1 Å². The second-order valence-electron chi connectivity index (χ2n) is 5.30. The van der Waals surface area contributed by atoms with Gasteiger partial charge in [0.05, 0.1) is 7.11 Å². The molecule has 0 saturated carbocycles. The van der Waals surface area contributed by atoms with E-state index in [2.05, 4.69) is 5.32 Å². The molecular formula is C17H19F3N2O5. The Labute approximate surface area is 153 Å². The number of nitrogens with one attached hydrogen (secondary N) is 1. The number of nitrogens with zero attached hydrogens (tertiary/aromatic N) is 1. The first-order valence-electron chi connectivity index (χ1n) is 7.81. The number of allylic oxidation sites excluding steroid dienone is 1. The summed E-state index contributed by atoms with van der Waals surface area (Å²) in [4.78, 5) is 34.4. The SMILES string of the molecule is COc1ccc(C(=O)/C=C/C(=O)N2CCNCC2)cc1.O=C(O)C(F)(F)F. The number of piperazine rings is 1. The Hall–Kier alpha value is -2.88. The van der Waals surface area contributed by atoms with Crippen LogP contribution in [0.5, 0.6) is 5.75 Å². The molecule has 0 unspecified atom stereocenters. The highest BCUT2D eigenvalue weighted by molar-refractivity contribution is 6.07. The normalized spacial score (nSPS) is 14.3. The Bertz CT molecular complexity index is 681. The number of carboxylic acids is 1. The summed E-state index contributed by atoms with van der Waals surface area (Å²) in [5.74, 6) is -2.36. The van der Waals surface area contributed by atoms with Crippen LogP contribution in [-0.4, -0.2) is 67.1 Å². The van der Waals surface area contributed by atoms with Crippen molar-refractivity contribution in [3.05, 3.63) is 42.0 Å². The molecular weight excluding hydrogens is 369 g/mol. The highest BCUT2D eigenvalue weighted by Crippen LogP contribution is 2.13. The van der Waals surface area contributed by atoms with E-state index in [9.17, 15) is 22.8 Å². The van der Waals surface area contributed by atoms with Gasteiger partial charge in [0.15, 0.2) is 5.78 Å². The fourth-order valence-corrected chi connectivity index (χ4v) is 1.99. The molecule has 1 aliphatic heterocycles.